The average molecular weight is 318 g/mol. The van der Waals surface area contributed by atoms with Crippen molar-refractivity contribution in [3.8, 4) is 5.75 Å². The highest BCUT2D eigenvalue weighted by Gasteiger charge is 2.09. The lowest BCUT2D eigenvalue weighted by molar-refractivity contribution is 0.174. The predicted octanol–water partition coefficient (Wildman–Crippen LogP) is 2.53. The van der Waals surface area contributed by atoms with Crippen molar-refractivity contribution < 1.29 is 19.4 Å². The second-order valence-corrected chi connectivity index (χ2v) is 5.41. The van der Waals surface area contributed by atoms with Crippen LogP contribution in [0.3, 0.4) is 0 Å². The highest BCUT2D eigenvalue weighted by Crippen LogP contribution is 2.22. The molecule has 0 fully saturated rings. The molecule has 1 unspecified atom stereocenters. The van der Waals surface area contributed by atoms with Gasteiger partial charge in [-0.2, -0.15) is 0 Å². The van der Waals surface area contributed by atoms with Gasteiger partial charge in [0, 0.05) is 12.1 Å². The Hall–Kier alpha value is -1.88. The molecule has 0 spiro atoms. The van der Waals surface area contributed by atoms with Gasteiger partial charge >= 0.3 is 0 Å². The molecular formula is C19H25NO3. The summed E-state index contributed by atoms with van der Waals surface area (Å²) in [5, 5.41) is 32.4. The van der Waals surface area contributed by atoms with Crippen LogP contribution in [-0.4, -0.2) is 28.4 Å². The van der Waals surface area contributed by atoms with Gasteiger partial charge in [-0.1, -0.05) is 36.4 Å². The molecule has 4 N–H and O–H groups in total. The molecule has 2 aromatic carbocycles. The lowest BCUT2D eigenvalue weighted by Crippen LogP contribution is -2.22. The Balaban J connectivity index is 1.83. The number of aromatic hydroxyl groups is 1. The molecule has 0 heterocycles. The van der Waals surface area contributed by atoms with Crippen LogP contribution < -0.4 is 5.32 Å². The Morgan fingerprint density at radius 1 is 1.13 bits per heavy atom. The number of nitrogens with one attached hydrogen (secondary N) is 1. The quantitative estimate of drug-likeness (QED) is 0.536. The van der Waals surface area contributed by atoms with E-state index >= 15 is 0 Å². The highest BCUT2D eigenvalue weighted by atomic mass is 16.3. The molecule has 1 atom stereocenters. The van der Waals surface area contributed by atoms with Crippen molar-refractivity contribution in [1.29, 1.82) is 0 Å². The first-order valence-corrected chi connectivity index (χ1v) is 7.73. The van der Waals surface area contributed by atoms with E-state index in [2.05, 4.69) is 17.4 Å². The molecule has 124 valence electrons. The molecular weight excluding hydrogens is 290 g/mol. The second-order valence-electron chi connectivity index (χ2n) is 5.41. The van der Waals surface area contributed by atoms with E-state index in [9.17, 15) is 15.3 Å². The van der Waals surface area contributed by atoms with Crippen LogP contribution in [-0.2, 0) is 13.0 Å². The Morgan fingerprint density at radius 3 is 2.65 bits per heavy atom. The van der Waals surface area contributed by atoms with Crippen molar-refractivity contribution in [2.24, 2.45) is 0 Å². The summed E-state index contributed by atoms with van der Waals surface area (Å²) >= 11 is 0. The van der Waals surface area contributed by atoms with Crippen LogP contribution in [0.5, 0.6) is 5.75 Å². The molecule has 0 amide bonds. The molecule has 4 nitrogen and oxygen atoms in total. The number of hydrogen-bond acceptors (Lipinski definition) is 4. The van der Waals surface area contributed by atoms with E-state index in [0.29, 0.717) is 6.54 Å². The molecule has 2 aromatic rings. The first-order valence-electron chi connectivity index (χ1n) is 9.23. The van der Waals surface area contributed by atoms with Gasteiger partial charge in [0.05, 0.1) is 16.8 Å². The minimum Gasteiger partial charge on any atom is -0.508 e. The van der Waals surface area contributed by atoms with E-state index in [1.165, 1.54) is 11.6 Å². The Labute approximate surface area is 141 Å². The fourth-order valence-corrected chi connectivity index (χ4v) is 2.34. The molecule has 0 aromatic heterocycles. The molecule has 0 aliphatic rings. The standard InChI is InChI=1S/C19H25NO3/c21-14-17-12-16(9-10-18(17)22)19(23)13-20-11-5-4-8-15-6-2-1-3-7-15/h1-3,6-7,9-10,12,19-23H,4-5,8,11,13-14H2/i14D2,19D. The minimum atomic E-state index is -2.75. The van der Waals surface area contributed by atoms with E-state index in [0.717, 1.165) is 31.4 Å². The predicted molar refractivity (Wildman–Crippen MR) is 91.2 cm³/mol. The van der Waals surface area contributed by atoms with E-state index in [1.54, 1.807) is 0 Å². The largest absolute Gasteiger partial charge is 0.508 e. The summed E-state index contributed by atoms with van der Waals surface area (Å²) in [5.41, 5.74) is 1.00. The van der Waals surface area contributed by atoms with Gasteiger partial charge in [-0.15, -0.1) is 0 Å². The van der Waals surface area contributed by atoms with Gasteiger partial charge in [0.2, 0.25) is 0 Å². The summed E-state index contributed by atoms with van der Waals surface area (Å²) in [6.07, 6.45) is 0.861. The summed E-state index contributed by atoms with van der Waals surface area (Å²) in [7, 11) is 0. The number of phenols is 1. The lowest BCUT2D eigenvalue weighted by Gasteiger charge is -2.14. The monoisotopic (exact) mass is 318 g/mol. The summed E-state index contributed by atoms with van der Waals surface area (Å²) in [6, 6.07) is 13.8. The third-order valence-corrected chi connectivity index (χ3v) is 3.65. The third-order valence-electron chi connectivity index (χ3n) is 3.65. The maximum absolute atomic E-state index is 10.3. The van der Waals surface area contributed by atoms with Gasteiger partial charge in [-0.3, -0.25) is 0 Å². The molecule has 4 heteroatoms. The van der Waals surface area contributed by atoms with Gasteiger partial charge in [-0.05, 0) is 49.1 Å². The number of aryl methyl sites for hydroxylation is 1. The number of aliphatic hydroxyl groups is 2. The molecule has 0 aliphatic carbocycles. The van der Waals surface area contributed by atoms with Gasteiger partial charge in [-0.25, -0.2) is 0 Å². The van der Waals surface area contributed by atoms with Crippen LogP contribution in [0.2, 0.25) is 0 Å². The molecule has 2 rings (SSSR count). The molecule has 0 radical (unpaired) electrons. The van der Waals surface area contributed by atoms with E-state index < -0.39 is 18.4 Å². The zero-order chi connectivity index (χ0) is 19.2. The van der Waals surface area contributed by atoms with Gasteiger partial charge in [0.1, 0.15) is 5.75 Å². The van der Waals surface area contributed by atoms with E-state index in [4.69, 9.17) is 4.11 Å². The first kappa shape index (κ1) is 13.5. The summed E-state index contributed by atoms with van der Waals surface area (Å²) in [4.78, 5) is 0. The van der Waals surface area contributed by atoms with Gasteiger partial charge < -0.3 is 20.6 Å². The van der Waals surface area contributed by atoms with Crippen molar-refractivity contribution in [3.63, 3.8) is 0 Å². The fourth-order valence-electron chi connectivity index (χ4n) is 2.34. The molecule has 0 saturated heterocycles. The smallest absolute Gasteiger partial charge is 0.121 e. The second kappa shape index (κ2) is 9.30. The van der Waals surface area contributed by atoms with Gasteiger partial charge in [0.15, 0.2) is 0 Å². The first-order chi connectivity index (χ1) is 12.2. The molecule has 0 bridgehead atoms. The van der Waals surface area contributed by atoms with E-state index in [-0.39, 0.29) is 17.7 Å². The highest BCUT2D eigenvalue weighted by molar-refractivity contribution is 5.36. The minimum absolute atomic E-state index is 0.0447. The van der Waals surface area contributed by atoms with Gasteiger partial charge in [0.25, 0.3) is 0 Å². The third kappa shape index (κ3) is 5.67. The molecule has 23 heavy (non-hydrogen) atoms. The van der Waals surface area contributed by atoms with Crippen LogP contribution in [0.1, 0.15) is 39.7 Å². The van der Waals surface area contributed by atoms with Crippen LogP contribution in [0.4, 0.5) is 0 Å². The SMILES string of the molecule is [2H]C([2H])(O)c1cc(C([2H])(O)CNCCCCc2ccccc2)ccc1O. The van der Waals surface area contributed by atoms with Crippen molar-refractivity contribution in [2.45, 2.75) is 31.9 Å². The fraction of sp³-hybridized carbons (Fsp3) is 0.368. The summed E-state index contributed by atoms with van der Waals surface area (Å²) in [6.45, 7) is -2.15. The Bertz CT molecular complexity index is 703. The van der Waals surface area contributed by atoms with Crippen molar-refractivity contribution >= 4 is 0 Å². The maximum Gasteiger partial charge on any atom is 0.121 e. The number of unbranched alkanes of at least 4 members (excludes halogenated alkanes) is 1. The summed E-state index contributed by atoms with van der Waals surface area (Å²) < 4.78 is 22.7. The summed E-state index contributed by atoms with van der Waals surface area (Å²) in [5.74, 6) is -0.425. The van der Waals surface area contributed by atoms with Crippen LogP contribution >= 0.6 is 0 Å². The van der Waals surface area contributed by atoms with Crippen molar-refractivity contribution in [2.75, 3.05) is 13.1 Å². The van der Waals surface area contributed by atoms with Crippen molar-refractivity contribution in [3.05, 3.63) is 65.2 Å². The topological polar surface area (TPSA) is 72.7 Å². The lowest BCUT2D eigenvalue weighted by atomic mass is 10.1. The number of hydrogen-bond donors (Lipinski definition) is 4. The Kier molecular flexibility index (Phi) is 5.48. The number of benzene rings is 2. The number of rotatable bonds is 9. The van der Waals surface area contributed by atoms with Crippen LogP contribution in [0.25, 0.3) is 0 Å². The van der Waals surface area contributed by atoms with Crippen molar-refractivity contribution in [1.82, 2.24) is 5.32 Å². The zero-order valence-corrected chi connectivity index (χ0v) is 13.0. The van der Waals surface area contributed by atoms with Crippen LogP contribution in [0, 0.1) is 0 Å². The maximum atomic E-state index is 10.3. The molecule has 0 aliphatic heterocycles. The van der Waals surface area contributed by atoms with Crippen LogP contribution in [0.15, 0.2) is 48.5 Å². The average Bonchev–Trinajstić information content (AvgIpc) is 2.58. The van der Waals surface area contributed by atoms with E-state index in [1.807, 2.05) is 18.2 Å². The zero-order valence-electron chi connectivity index (χ0n) is 16.0. The normalized spacial score (nSPS) is 16.2. The Morgan fingerprint density at radius 2 is 1.91 bits per heavy atom. The molecule has 0 saturated carbocycles.